The molecule has 0 saturated carbocycles. The summed E-state index contributed by atoms with van der Waals surface area (Å²) in [7, 11) is 2.65. The quantitative estimate of drug-likeness (QED) is 0.349. The number of hydrogen-bond donors (Lipinski definition) is 0. The van der Waals surface area contributed by atoms with Gasteiger partial charge >= 0.3 is 11.9 Å². The van der Waals surface area contributed by atoms with Gasteiger partial charge in [0.1, 0.15) is 5.78 Å². The van der Waals surface area contributed by atoms with E-state index in [1.54, 1.807) is 12.2 Å². The molecule has 0 atom stereocenters. The zero-order valence-corrected chi connectivity index (χ0v) is 12.1. The minimum atomic E-state index is -0.408. The van der Waals surface area contributed by atoms with Crippen molar-refractivity contribution in [3.8, 4) is 0 Å². The number of methoxy groups -OCH3 is 2. The first kappa shape index (κ1) is 18.1. The maximum Gasteiger partial charge on any atom is 0.330 e. The Kier molecular flexibility index (Phi) is 11.0. The largest absolute Gasteiger partial charge is 0.466 e. The number of Topliss-reactive ketones (excluding diaryl/α,β-unsaturated/α-hetero) is 1. The lowest BCUT2D eigenvalue weighted by atomic mass is 10.1. The Hall–Kier alpha value is -1.91. The summed E-state index contributed by atoms with van der Waals surface area (Å²) in [5.74, 6) is -0.593. The van der Waals surface area contributed by atoms with E-state index in [0.29, 0.717) is 19.3 Å². The monoisotopic (exact) mass is 282 g/mol. The Morgan fingerprint density at radius 1 is 0.800 bits per heavy atom. The number of ketones is 1. The van der Waals surface area contributed by atoms with Crippen molar-refractivity contribution in [2.75, 3.05) is 14.2 Å². The second-order valence-corrected chi connectivity index (χ2v) is 4.17. The first-order valence-electron chi connectivity index (χ1n) is 6.60. The van der Waals surface area contributed by atoms with Crippen LogP contribution in [0, 0.1) is 0 Å². The first-order valence-corrected chi connectivity index (χ1v) is 6.60. The van der Waals surface area contributed by atoms with E-state index >= 15 is 0 Å². The van der Waals surface area contributed by atoms with Crippen LogP contribution in [-0.2, 0) is 23.9 Å². The van der Waals surface area contributed by atoms with E-state index < -0.39 is 5.97 Å². The molecular weight excluding hydrogens is 260 g/mol. The number of ether oxygens (including phenoxy) is 2. The maximum absolute atomic E-state index is 11.5. The molecule has 0 unspecified atom stereocenters. The summed E-state index contributed by atoms with van der Waals surface area (Å²) in [5, 5.41) is 0. The summed E-state index contributed by atoms with van der Waals surface area (Å²) in [6, 6.07) is 0. The summed E-state index contributed by atoms with van der Waals surface area (Å²) >= 11 is 0. The van der Waals surface area contributed by atoms with Crippen molar-refractivity contribution in [2.45, 2.75) is 38.5 Å². The van der Waals surface area contributed by atoms with Gasteiger partial charge in [0, 0.05) is 25.0 Å². The molecule has 0 spiro atoms. The van der Waals surface area contributed by atoms with E-state index in [1.807, 2.05) is 0 Å². The molecule has 0 aromatic rings. The average Bonchev–Trinajstić information content (AvgIpc) is 2.46. The molecular formula is C15H22O5. The van der Waals surface area contributed by atoms with Gasteiger partial charge in [0.05, 0.1) is 14.2 Å². The third kappa shape index (κ3) is 11.2. The number of esters is 2. The highest BCUT2D eigenvalue weighted by atomic mass is 16.5. The minimum Gasteiger partial charge on any atom is -0.466 e. The van der Waals surface area contributed by atoms with Crippen LogP contribution < -0.4 is 0 Å². The van der Waals surface area contributed by atoms with Crippen LogP contribution in [0.2, 0.25) is 0 Å². The van der Waals surface area contributed by atoms with E-state index in [1.165, 1.54) is 26.4 Å². The van der Waals surface area contributed by atoms with E-state index in [0.717, 1.165) is 19.3 Å². The van der Waals surface area contributed by atoms with Crippen LogP contribution in [0.4, 0.5) is 0 Å². The zero-order chi connectivity index (χ0) is 15.2. The molecule has 0 aliphatic rings. The summed E-state index contributed by atoms with van der Waals surface area (Å²) in [4.78, 5) is 33.0. The predicted octanol–water partition coefficient (Wildman–Crippen LogP) is 2.35. The zero-order valence-electron chi connectivity index (χ0n) is 12.1. The number of hydrogen-bond acceptors (Lipinski definition) is 5. The molecule has 20 heavy (non-hydrogen) atoms. The number of unbranched alkanes of at least 4 members (excludes halogenated alkanes) is 2. The van der Waals surface area contributed by atoms with Gasteiger partial charge in [-0.05, 0) is 25.7 Å². The van der Waals surface area contributed by atoms with Crippen LogP contribution in [0.3, 0.4) is 0 Å². The standard InChI is InChI=1S/C15H22O5/c1-19-14(17)11-6-4-3-5-9-13(16)10-7-8-12-15(18)20-2/h6,8,11-12H,3-5,7,9-10H2,1-2H3/b11-6+,12-8+. The SMILES string of the molecule is COC(=O)/C=C/CCCCC(=O)CC/C=C/C(=O)OC. The molecule has 0 fully saturated rings. The van der Waals surface area contributed by atoms with Crippen LogP contribution in [0.25, 0.3) is 0 Å². The van der Waals surface area contributed by atoms with Gasteiger partial charge in [-0.3, -0.25) is 4.79 Å². The highest BCUT2D eigenvalue weighted by Crippen LogP contribution is 2.05. The summed E-state index contributed by atoms with van der Waals surface area (Å²) in [6.07, 6.45) is 10.0. The Morgan fingerprint density at radius 3 is 1.90 bits per heavy atom. The number of allylic oxidation sites excluding steroid dienone is 2. The van der Waals surface area contributed by atoms with Crippen LogP contribution in [0.1, 0.15) is 38.5 Å². The van der Waals surface area contributed by atoms with Gasteiger partial charge in [-0.2, -0.15) is 0 Å². The lowest BCUT2D eigenvalue weighted by Crippen LogP contribution is -1.97. The Balaban J connectivity index is 3.55. The molecule has 0 radical (unpaired) electrons. The fourth-order valence-electron chi connectivity index (χ4n) is 1.45. The van der Waals surface area contributed by atoms with Crippen molar-refractivity contribution in [2.24, 2.45) is 0 Å². The summed E-state index contributed by atoms with van der Waals surface area (Å²) in [5.41, 5.74) is 0. The predicted molar refractivity (Wildman–Crippen MR) is 75.0 cm³/mol. The molecule has 0 aliphatic carbocycles. The Bertz CT molecular complexity index is 368. The average molecular weight is 282 g/mol. The molecule has 0 rings (SSSR count). The third-order valence-corrected chi connectivity index (χ3v) is 2.58. The third-order valence-electron chi connectivity index (χ3n) is 2.58. The van der Waals surface area contributed by atoms with Gasteiger partial charge < -0.3 is 9.47 Å². The molecule has 5 nitrogen and oxygen atoms in total. The molecule has 0 aromatic carbocycles. The molecule has 0 amide bonds. The Morgan fingerprint density at radius 2 is 1.35 bits per heavy atom. The Labute approximate surface area is 119 Å². The second kappa shape index (κ2) is 12.1. The summed E-state index contributed by atoms with van der Waals surface area (Å²) < 4.78 is 8.89. The fourth-order valence-corrected chi connectivity index (χ4v) is 1.45. The van der Waals surface area contributed by atoms with Crippen LogP contribution in [0.5, 0.6) is 0 Å². The fraction of sp³-hybridized carbons (Fsp3) is 0.533. The first-order chi connectivity index (χ1) is 9.60. The molecule has 112 valence electrons. The van der Waals surface area contributed by atoms with Gasteiger partial charge in [0.25, 0.3) is 0 Å². The van der Waals surface area contributed by atoms with Crippen LogP contribution in [0.15, 0.2) is 24.3 Å². The molecule has 0 N–H and O–H groups in total. The van der Waals surface area contributed by atoms with Crippen molar-refractivity contribution < 1.29 is 23.9 Å². The summed E-state index contributed by atoms with van der Waals surface area (Å²) in [6.45, 7) is 0. The lowest BCUT2D eigenvalue weighted by Gasteiger charge is -1.98. The molecule has 0 aliphatic heterocycles. The van der Waals surface area contributed by atoms with Crippen molar-refractivity contribution in [3.05, 3.63) is 24.3 Å². The number of carbonyl (C=O) groups is 3. The molecule has 0 aromatic heterocycles. The van der Waals surface area contributed by atoms with Crippen molar-refractivity contribution in [3.63, 3.8) is 0 Å². The van der Waals surface area contributed by atoms with Gasteiger partial charge in [-0.25, -0.2) is 9.59 Å². The molecule has 0 saturated heterocycles. The van der Waals surface area contributed by atoms with Crippen molar-refractivity contribution in [1.82, 2.24) is 0 Å². The van der Waals surface area contributed by atoms with E-state index in [-0.39, 0.29) is 11.8 Å². The maximum atomic E-state index is 11.5. The lowest BCUT2D eigenvalue weighted by molar-refractivity contribution is -0.135. The smallest absolute Gasteiger partial charge is 0.330 e. The van der Waals surface area contributed by atoms with Crippen molar-refractivity contribution in [1.29, 1.82) is 0 Å². The van der Waals surface area contributed by atoms with Gasteiger partial charge in [-0.15, -0.1) is 0 Å². The van der Waals surface area contributed by atoms with Crippen LogP contribution >= 0.6 is 0 Å². The normalized spacial score (nSPS) is 10.9. The number of rotatable bonds is 10. The minimum absolute atomic E-state index is 0.177. The van der Waals surface area contributed by atoms with Gasteiger partial charge in [0.2, 0.25) is 0 Å². The number of carbonyl (C=O) groups excluding carboxylic acids is 3. The van der Waals surface area contributed by atoms with Crippen molar-refractivity contribution >= 4 is 17.7 Å². The highest BCUT2D eigenvalue weighted by molar-refractivity contribution is 5.82. The molecule has 0 heterocycles. The van der Waals surface area contributed by atoms with Crippen LogP contribution in [-0.4, -0.2) is 31.9 Å². The second-order valence-electron chi connectivity index (χ2n) is 4.17. The highest BCUT2D eigenvalue weighted by Gasteiger charge is 2.00. The topological polar surface area (TPSA) is 69.7 Å². The van der Waals surface area contributed by atoms with E-state index in [2.05, 4.69) is 9.47 Å². The molecule has 5 heteroatoms. The molecule has 0 bridgehead atoms. The van der Waals surface area contributed by atoms with E-state index in [9.17, 15) is 14.4 Å². The van der Waals surface area contributed by atoms with Gasteiger partial charge in [0.15, 0.2) is 0 Å². The van der Waals surface area contributed by atoms with E-state index in [4.69, 9.17) is 0 Å². The van der Waals surface area contributed by atoms with Gasteiger partial charge in [-0.1, -0.05) is 12.2 Å².